The zero-order valence-electron chi connectivity index (χ0n) is 12.4. The molecule has 2 amide bonds. The Morgan fingerprint density at radius 1 is 1.37 bits per heavy atom. The zero-order valence-corrected chi connectivity index (χ0v) is 13.3. The van der Waals surface area contributed by atoms with Gasteiger partial charge in [0.15, 0.2) is 0 Å². The van der Waals surface area contributed by atoms with E-state index in [0.717, 1.165) is 19.4 Å². The molecule has 2 atom stereocenters. The summed E-state index contributed by atoms with van der Waals surface area (Å²) in [6.45, 7) is 9.53. The van der Waals surface area contributed by atoms with Gasteiger partial charge in [0.05, 0.1) is 5.75 Å². The van der Waals surface area contributed by atoms with Crippen LogP contribution >= 0.6 is 11.8 Å². The van der Waals surface area contributed by atoms with Gasteiger partial charge < -0.3 is 10.2 Å². The molecule has 0 aromatic rings. The van der Waals surface area contributed by atoms with E-state index in [9.17, 15) is 9.59 Å². The van der Waals surface area contributed by atoms with Crippen LogP contribution in [0, 0.1) is 5.92 Å². The van der Waals surface area contributed by atoms with Crippen LogP contribution in [0.1, 0.15) is 40.5 Å². The number of likely N-dealkylation sites (tertiary alicyclic amines) is 1. The van der Waals surface area contributed by atoms with Crippen molar-refractivity contribution < 1.29 is 9.59 Å². The van der Waals surface area contributed by atoms with Crippen molar-refractivity contribution in [1.29, 1.82) is 0 Å². The predicted octanol–water partition coefficient (Wildman–Crippen LogP) is 1.89. The third kappa shape index (κ3) is 5.85. The normalized spacial score (nSPS) is 21.3. The number of hydrogen-bond donors (Lipinski definition) is 1. The molecule has 0 aromatic carbocycles. The highest BCUT2D eigenvalue weighted by Crippen LogP contribution is 2.20. The maximum absolute atomic E-state index is 12.1. The molecule has 4 nitrogen and oxygen atoms in total. The van der Waals surface area contributed by atoms with Crippen molar-refractivity contribution in [3.63, 3.8) is 0 Å². The Balaban J connectivity index is 2.37. The van der Waals surface area contributed by atoms with Crippen LogP contribution in [0.3, 0.4) is 0 Å². The highest BCUT2D eigenvalue weighted by Gasteiger charge is 2.24. The highest BCUT2D eigenvalue weighted by atomic mass is 32.2. The molecule has 0 radical (unpaired) electrons. The van der Waals surface area contributed by atoms with Crippen molar-refractivity contribution >= 4 is 23.6 Å². The maximum Gasteiger partial charge on any atom is 0.232 e. The van der Waals surface area contributed by atoms with Gasteiger partial charge in [0.1, 0.15) is 0 Å². The zero-order chi connectivity index (χ0) is 14.4. The summed E-state index contributed by atoms with van der Waals surface area (Å²) in [5, 5.41) is 3.41. The van der Waals surface area contributed by atoms with Crippen molar-refractivity contribution in [2.75, 3.05) is 18.8 Å². The standard InChI is InChI=1S/C14H26N2O2S/c1-10(2)11(3)19-9-14(18)16-7-5-6-13(8-16)15-12(4)17/h10-11,13H,5-9H2,1-4H3,(H,15,17)/t11-,13-/m1/s1. The van der Waals surface area contributed by atoms with Gasteiger partial charge in [0.2, 0.25) is 11.8 Å². The van der Waals surface area contributed by atoms with Crippen LogP contribution in [0.5, 0.6) is 0 Å². The first-order chi connectivity index (χ1) is 8.90. The van der Waals surface area contributed by atoms with Gasteiger partial charge >= 0.3 is 0 Å². The third-order valence-electron chi connectivity index (χ3n) is 3.59. The molecule has 0 unspecified atom stereocenters. The minimum absolute atomic E-state index is 0.0119. The molecule has 0 saturated carbocycles. The van der Waals surface area contributed by atoms with E-state index in [1.54, 1.807) is 11.8 Å². The van der Waals surface area contributed by atoms with E-state index in [0.29, 0.717) is 23.5 Å². The number of carbonyl (C=O) groups excluding carboxylic acids is 2. The molecule has 1 aliphatic heterocycles. The lowest BCUT2D eigenvalue weighted by Gasteiger charge is -2.33. The Bertz CT molecular complexity index is 321. The second-order valence-corrected chi connectivity index (χ2v) is 7.01. The smallest absolute Gasteiger partial charge is 0.232 e. The topological polar surface area (TPSA) is 49.4 Å². The molecule has 1 aliphatic rings. The Labute approximate surface area is 120 Å². The first-order valence-electron chi connectivity index (χ1n) is 7.06. The Morgan fingerprint density at radius 3 is 2.63 bits per heavy atom. The second-order valence-electron chi connectivity index (χ2n) is 5.64. The molecular formula is C14H26N2O2S. The van der Waals surface area contributed by atoms with Gasteiger partial charge in [-0.1, -0.05) is 20.8 Å². The predicted molar refractivity (Wildman–Crippen MR) is 80.2 cm³/mol. The summed E-state index contributed by atoms with van der Waals surface area (Å²) >= 11 is 1.72. The van der Waals surface area contributed by atoms with Crippen LogP contribution < -0.4 is 5.32 Å². The second kappa shape index (κ2) is 7.78. The number of rotatable bonds is 5. The van der Waals surface area contributed by atoms with E-state index in [1.807, 2.05) is 4.90 Å². The maximum atomic E-state index is 12.1. The molecule has 1 fully saturated rings. The summed E-state index contributed by atoms with van der Waals surface area (Å²) in [5.41, 5.74) is 0. The van der Waals surface area contributed by atoms with E-state index < -0.39 is 0 Å². The summed E-state index contributed by atoms with van der Waals surface area (Å²) in [5.74, 6) is 1.33. The Kier molecular flexibility index (Phi) is 6.69. The molecule has 110 valence electrons. The minimum atomic E-state index is -0.0119. The lowest BCUT2D eigenvalue weighted by molar-refractivity contribution is -0.130. The van der Waals surface area contributed by atoms with Gasteiger partial charge in [-0.25, -0.2) is 0 Å². The van der Waals surface area contributed by atoms with Crippen molar-refractivity contribution in [2.24, 2.45) is 5.92 Å². The van der Waals surface area contributed by atoms with E-state index >= 15 is 0 Å². The van der Waals surface area contributed by atoms with Crippen molar-refractivity contribution in [3.8, 4) is 0 Å². The molecule has 0 spiro atoms. The molecule has 1 saturated heterocycles. The van der Waals surface area contributed by atoms with Gasteiger partial charge in [-0.2, -0.15) is 0 Å². The van der Waals surface area contributed by atoms with E-state index in [2.05, 4.69) is 26.1 Å². The van der Waals surface area contributed by atoms with E-state index in [1.165, 1.54) is 6.92 Å². The molecular weight excluding hydrogens is 260 g/mol. The number of carbonyl (C=O) groups is 2. The molecule has 0 aliphatic carbocycles. The Hall–Kier alpha value is -0.710. The fraction of sp³-hybridized carbons (Fsp3) is 0.857. The largest absolute Gasteiger partial charge is 0.352 e. The van der Waals surface area contributed by atoms with Gasteiger partial charge in [-0.15, -0.1) is 11.8 Å². The van der Waals surface area contributed by atoms with Crippen LogP contribution in [0.2, 0.25) is 0 Å². The molecule has 0 bridgehead atoms. The average Bonchev–Trinajstić information content (AvgIpc) is 2.34. The van der Waals surface area contributed by atoms with Crippen LogP contribution in [0.4, 0.5) is 0 Å². The van der Waals surface area contributed by atoms with E-state index in [-0.39, 0.29) is 17.9 Å². The van der Waals surface area contributed by atoms with Crippen molar-refractivity contribution in [3.05, 3.63) is 0 Å². The lowest BCUT2D eigenvalue weighted by atomic mass is 10.1. The van der Waals surface area contributed by atoms with Gasteiger partial charge in [0, 0.05) is 31.3 Å². The summed E-state index contributed by atoms with van der Waals surface area (Å²) < 4.78 is 0. The van der Waals surface area contributed by atoms with E-state index in [4.69, 9.17) is 0 Å². The van der Waals surface area contributed by atoms with Gasteiger partial charge in [-0.05, 0) is 18.8 Å². The number of thioether (sulfide) groups is 1. The molecule has 1 N–H and O–H groups in total. The molecule has 5 heteroatoms. The summed E-state index contributed by atoms with van der Waals surface area (Å²) in [7, 11) is 0. The molecule has 1 rings (SSSR count). The van der Waals surface area contributed by atoms with Crippen LogP contribution in [-0.4, -0.2) is 46.8 Å². The highest BCUT2D eigenvalue weighted by molar-refractivity contribution is 8.00. The first kappa shape index (κ1) is 16.3. The first-order valence-corrected chi connectivity index (χ1v) is 8.11. The summed E-state index contributed by atoms with van der Waals surface area (Å²) in [6, 6.07) is 0.128. The fourth-order valence-electron chi connectivity index (χ4n) is 2.10. The number of nitrogens with zero attached hydrogens (tertiary/aromatic N) is 1. The van der Waals surface area contributed by atoms with Crippen LogP contribution in [-0.2, 0) is 9.59 Å². The van der Waals surface area contributed by atoms with Crippen LogP contribution in [0.25, 0.3) is 0 Å². The summed E-state index contributed by atoms with van der Waals surface area (Å²) in [4.78, 5) is 25.1. The fourth-order valence-corrected chi connectivity index (χ4v) is 3.07. The quantitative estimate of drug-likeness (QED) is 0.839. The number of piperidine rings is 1. The lowest BCUT2D eigenvalue weighted by Crippen LogP contribution is -2.49. The monoisotopic (exact) mass is 286 g/mol. The SMILES string of the molecule is CC(=O)N[C@@H]1CCCN(C(=O)CS[C@H](C)C(C)C)C1. The molecule has 19 heavy (non-hydrogen) atoms. The molecule has 1 heterocycles. The van der Waals surface area contributed by atoms with Crippen LogP contribution in [0.15, 0.2) is 0 Å². The van der Waals surface area contributed by atoms with Crippen molar-refractivity contribution in [2.45, 2.75) is 51.8 Å². The third-order valence-corrected chi connectivity index (χ3v) is 5.07. The number of nitrogens with one attached hydrogen (secondary N) is 1. The Morgan fingerprint density at radius 2 is 2.05 bits per heavy atom. The summed E-state index contributed by atoms with van der Waals surface area (Å²) in [6.07, 6.45) is 1.94. The number of hydrogen-bond acceptors (Lipinski definition) is 3. The van der Waals surface area contributed by atoms with Gasteiger partial charge in [0.25, 0.3) is 0 Å². The van der Waals surface area contributed by atoms with Crippen molar-refractivity contribution in [1.82, 2.24) is 10.2 Å². The minimum Gasteiger partial charge on any atom is -0.352 e. The van der Waals surface area contributed by atoms with Gasteiger partial charge in [-0.3, -0.25) is 9.59 Å². The average molecular weight is 286 g/mol. The molecule has 0 aromatic heterocycles. The number of amides is 2.